The van der Waals surface area contributed by atoms with Crippen LogP contribution in [0, 0.1) is 5.82 Å². The summed E-state index contributed by atoms with van der Waals surface area (Å²) in [5.41, 5.74) is 2.70. The van der Waals surface area contributed by atoms with E-state index in [1.54, 1.807) is 18.3 Å². The molecule has 0 spiro atoms. The number of rotatable bonds is 9. The van der Waals surface area contributed by atoms with Crippen molar-refractivity contribution in [2.75, 3.05) is 18.0 Å². The summed E-state index contributed by atoms with van der Waals surface area (Å²) in [6.45, 7) is 4.01. The van der Waals surface area contributed by atoms with Crippen LogP contribution in [0.4, 0.5) is 14.9 Å². The number of carbonyl (C=O) groups excluding carboxylic acids is 2. The molecule has 0 aliphatic carbocycles. The molecule has 1 aliphatic heterocycles. The summed E-state index contributed by atoms with van der Waals surface area (Å²) in [5.74, 6) is -0.421. The Morgan fingerprint density at radius 2 is 2.06 bits per heavy atom. The smallest absolute Gasteiger partial charge is 0.411 e. The Morgan fingerprint density at radius 3 is 2.76 bits per heavy atom. The van der Waals surface area contributed by atoms with Gasteiger partial charge in [0.25, 0.3) is 0 Å². The van der Waals surface area contributed by atoms with E-state index in [1.165, 1.54) is 24.1 Å². The van der Waals surface area contributed by atoms with Gasteiger partial charge in [0, 0.05) is 44.2 Å². The topological polar surface area (TPSA) is 88.5 Å². The van der Waals surface area contributed by atoms with Gasteiger partial charge in [-0.25, -0.2) is 14.2 Å². The third-order valence-corrected chi connectivity index (χ3v) is 5.38. The van der Waals surface area contributed by atoms with Crippen molar-refractivity contribution in [3.63, 3.8) is 0 Å². The quantitative estimate of drug-likeness (QED) is 0.471. The van der Waals surface area contributed by atoms with Crippen LogP contribution < -0.4 is 15.5 Å². The molecule has 176 valence electrons. The molecule has 4 rings (SSSR count). The molecule has 2 amide bonds. The van der Waals surface area contributed by atoms with Gasteiger partial charge in [0.15, 0.2) is 0 Å². The summed E-state index contributed by atoms with van der Waals surface area (Å²) in [6, 6.07) is 12.4. The molecule has 34 heavy (non-hydrogen) atoms. The van der Waals surface area contributed by atoms with Crippen molar-refractivity contribution in [1.29, 1.82) is 0 Å². The number of ether oxygens (including phenoxy) is 1. The van der Waals surface area contributed by atoms with E-state index in [0.717, 1.165) is 37.2 Å². The van der Waals surface area contributed by atoms with Crippen LogP contribution in [0.3, 0.4) is 0 Å². The van der Waals surface area contributed by atoms with Crippen molar-refractivity contribution in [1.82, 2.24) is 20.2 Å². The molecule has 0 radical (unpaired) electrons. The molecular formula is C25H26FN5O3. The van der Waals surface area contributed by atoms with Crippen molar-refractivity contribution in [3.8, 4) is 11.1 Å². The SMILES string of the molecule is CC(=O)N/C=C1\CN(c2ccc(-c3ccc(CNCCCn4ccnc4)cc3)c(F)c2)C(=O)O1. The Bertz CT molecular complexity index is 1180. The summed E-state index contributed by atoms with van der Waals surface area (Å²) in [5, 5.41) is 5.88. The highest BCUT2D eigenvalue weighted by Gasteiger charge is 2.29. The predicted octanol–water partition coefficient (Wildman–Crippen LogP) is 3.80. The van der Waals surface area contributed by atoms with Crippen molar-refractivity contribution in [2.45, 2.75) is 26.4 Å². The Balaban J connectivity index is 1.33. The van der Waals surface area contributed by atoms with Gasteiger partial charge in [-0.2, -0.15) is 0 Å². The average Bonchev–Trinajstić information content (AvgIpc) is 3.47. The second-order valence-electron chi connectivity index (χ2n) is 7.96. The van der Waals surface area contributed by atoms with Crippen molar-refractivity contribution >= 4 is 17.7 Å². The summed E-state index contributed by atoms with van der Waals surface area (Å²) in [4.78, 5) is 28.5. The van der Waals surface area contributed by atoms with Crippen LogP contribution in [0.25, 0.3) is 11.1 Å². The molecule has 1 aromatic heterocycles. The highest BCUT2D eigenvalue weighted by atomic mass is 19.1. The number of halogens is 1. The van der Waals surface area contributed by atoms with E-state index in [9.17, 15) is 14.0 Å². The van der Waals surface area contributed by atoms with E-state index in [2.05, 4.69) is 15.6 Å². The van der Waals surface area contributed by atoms with Crippen molar-refractivity contribution in [2.24, 2.45) is 0 Å². The number of benzene rings is 2. The second kappa shape index (κ2) is 10.8. The molecule has 2 N–H and O–H groups in total. The van der Waals surface area contributed by atoms with Gasteiger partial charge in [-0.05, 0) is 42.3 Å². The van der Waals surface area contributed by atoms with E-state index in [4.69, 9.17) is 4.74 Å². The number of carbonyl (C=O) groups is 2. The van der Waals surface area contributed by atoms with Crippen LogP contribution in [0.1, 0.15) is 18.9 Å². The molecule has 3 aromatic rings. The van der Waals surface area contributed by atoms with Crippen molar-refractivity contribution < 1.29 is 18.7 Å². The summed E-state index contributed by atoms with van der Waals surface area (Å²) in [7, 11) is 0. The second-order valence-corrected chi connectivity index (χ2v) is 7.96. The summed E-state index contributed by atoms with van der Waals surface area (Å²) < 4.78 is 22.1. The largest absolute Gasteiger partial charge is 0.419 e. The summed E-state index contributed by atoms with van der Waals surface area (Å²) in [6.07, 6.45) is 7.25. The average molecular weight is 464 g/mol. The Kier molecular flexibility index (Phi) is 7.34. The standard InChI is InChI=1S/C25H26FN5O3/c1-18(32)29-15-22-16-31(25(33)34-22)21-7-8-23(24(26)13-21)20-5-3-19(4-6-20)14-27-9-2-11-30-12-10-28-17-30/h3-8,10,12-13,15,17,27H,2,9,11,14,16H2,1H3,(H,29,32)/b22-15+. The number of aryl methyl sites for hydroxylation is 1. The van der Waals surface area contributed by atoms with Crippen LogP contribution >= 0.6 is 0 Å². The zero-order valence-electron chi connectivity index (χ0n) is 18.8. The summed E-state index contributed by atoms with van der Waals surface area (Å²) >= 11 is 0. The molecule has 2 aromatic carbocycles. The molecule has 9 heteroatoms. The van der Waals surface area contributed by atoms with Crippen molar-refractivity contribution in [3.05, 3.63) is 84.5 Å². The lowest BCUT2D eigenvalue weighted by atomic mass is 10.0. The van der Waals surface area contributed by atoms with Gasteiger partial charge in [0.05, 0.1) is 18.6 Å². The molecule has 0 unspecified atom stereocenters. The number of amides is 2. The lowest BCUT2D eigenvalue weighted by Crippen LogP contribution is -2.23. The molecule has 0 saturated carbocycles. The number of nitrogens with zero attached hydrogens (tertiary/aromatic N) is 3. The Hall–Kier alpha value is -3.98. The molecule has 2 heterocycles. The van der Waals surface area contributed by atoms with E-state index >= 15 is 0 Å². The molecular weight excluding hydrogens is 437 g/mol. The highest BCUT2D eigenvalue weighted by Crippen LogP contribution is 2.29. The molecule has 1 saturated heterocycles. The van der Waals surface area contributed by atoms with Gasteiger partial charge in [-0.1, -0.05) is 24.3 Å². The Labute approximate surface area is 197 Å². The number of imidazole rings is 1. The first-order valence-corrected chi connectivity index (χ1v) is 11.0. The first-order valence-electron chi connectivity index (χ1n) is 11.0. The van der Waals surface area contributed by atoms with Crippen LogP contribution in [0.2, 0.25) is 0 Å². The van der Waals surface area contributed by atoms with Gasteiger partial charge in [-0.15, -0.1) is 0 Å². The normalized spacial score (nSPS) is 14.5. The fourth-order valence-corrected chi connectivity index (χ4v) is 3.62. The van der Waals surface area contributed by atoms with Gasteiger partial charge in [0.2, 0.25) is 5.91 Å². The molecule has 1 aliphatic rings. The number of hydrogen-bond acceptors (Lipinski definition) is 5. The lowest BCUT2D eigenvalue weighted by Gasteiger charge is -2.14. The van der Waals surface area contributed by atoms with E-state index < -0.39 is 11.9 Å². The third-order valence-electron chi connectivity index (χ3n) is 5.38. The number of nitrogens with one attached hydrogen (secondary N) is 2. The number of hydrogen-bond donors (Lipinski definition) is 2. The van der Waals surface area contributed by atoms with Crippen LogP contribution in [-0.2, 0) is 22.6 Å². The first-order chi connectivity index (χ1) is 16.5. The van der Waals surface area contributed by atoms with Gasteiger partial charge >= 0.3 is 6.09 Å². The number of anilines is 1. The molecule has 1 fully saturated rings. The maximum Gasteiger partial charge on any atom is 0.419 e. The number of aromatic nitrogens is 2. The molecule has 0 bridgehead atoms. The molecule has 8 nitrogen and oxygen atoms in total. The predicted molar refractivity (Wildman–Crippen MR) is 126 cm³/mol. The number of cyclic esters (lactones) is 1. The first kappa shape index (κ1) is 23.2. The maximum absolute atomic E-state index is 14.9. The lowest BCUT2D eigenvalue weighted by molar-refractivity contribution is -0.118. The zero-order valence-corrected chi connectivity index (χ0v) is 18.8. The highest BCUT2D eigenvalue weighted by molar-refractivity contribution is 5.91. The Morgan fingerprint density at radius 1 is 1.24 bits per heavy atom. The minimum absolute atomic E-state index is 0.113. The van der Waals surface area contributed by atoms with Crippen LogP contribution in [0.5, 0.6) is 0 Å². The van der Waals surface area contributed by atoms with Crippen LogP contribution in [-0.4, -0.2) is 34.6 Å². The zero-order chi connectivity index (χ0) is 23.9. The monoisotopic (exact) mass is 463 g/mol. The van der Waals surface area contributed by atoms with Crippen LogP contribution in [0.15, 0.2) is 73.1 Å². The minimum atomic E-state index is -0.620. The van der Waals surface area contributed by atoms with Gasteiger partial charge in [-0.3, -0.25) is 9.69 Å². The van der Waals surface area contributed by atoms with E-state index in [1.807, 2.05) is 41.4 Å². The van der Waals surface area contributed by atoms with E-state index in [0.29, 0.717) is 11.3 Å². The van der Waals surface area contributed by atoms with Gasteiger partial charge < -0.3 is 19.9 Å². The fourth-order valence-electron chi connectivity index (χ4n) is 3.62. The minimum Gasteiger partial charge on any atom is -0.411 e. The third kappa shape index (κ3) is 5.87. The fraction of sp³-hybridized carbons (Fsp3) is 0.240. The van der Waals surface area contributed by atoms with E-state index in [-0.39, 0.29) is 18.2 Å². The van der Waals surface area contributed by atoms with Gasteiger partial charge in [0.1, 0.15) is 11.6 Å². The maximum atomic E-state index is 14.9. The molecule has 0 atom stereocenters.